The third kappa shape index (κ3) is 5.61. The van der Waals surface area contributed by atoms with Crippen LogP contribution in [0.15, 0.2) is 84.1 Å². The summed E-state index contributed by atoms with van der Waals surface area (Å²) < 4.78 is 8.05. The molecule has 1 aliphatic heterocycles. The SMILES string of the molecule is c1ccc(-n2c(CN3CCCC3)nnc2SCc2ccc(OCc3ccccn3)cc2)cc1. The molecule has 7 heteroatoms. The van der Waals surface area contributed by atoms with E-state index >= 15 is 0 Å². The Balaban J connectivity index is 1.25. The summed E-state index contributed by atoms with van der Waals surface area (Å²) in [6.07, 6.45) is 4.31. The van der Waals surface area contributed by atoms with Gasteiger partial charge in [-0.15, -0.1) is 10.2 Å². The molecule has 5 rings (SSSR count). The van der Waals surface area contributed by atoms with E-state index in [-0.39, 0.29) is 0 Å². The van der Waals surface area contributed by atoms with Crippen molar-refractivity contribution >= 4 is 11.8 Å². The molecular weight excluding hydrogens is 430 g/mol. The second-order valence-electron chi connectivity index (χ2n) is 8.10. The molecule has 0 amide bonds. The normalized spacial score (nSPS) is 13.9. The van der Waals surface area contributed by atoms with Crippen LogP contribution in [-0.2, 0) is 18.9 Å². The van der Waals surface area contributed by atoms with Crippen molar-refractivity contribution in [1.82, 2.24) is 24.6 Å². The fraction of sp³-hybridized carbons (Fsp3) is 0.269. The minimum atomic E-state index is 0.467. The monoisotopic (exact) mass is 457 g/mol. The van der Waals surface area contributed by atoms with Gasteiger partial charge in [0.1, 0.15) is 12.4 Å². The summed E-state index contributed by atoms with van der Waals surface area (Å²) in [5.74, 6) is 2.66. The molecular formula is C26H27N5OS. The van der Waals surface area contributed by atoms with Gasteiger partial charge in [-0.05, 0) is 67.9 Å². The Bertz CT molecular complexity index is 1140. The average molecular weight is 458 g/mol. The van der Waals surface area contributed by atoms with Crippen LogP contribution in [0.5, 0.6) is 5.75 Å². The van der Waals surface area contributed by atoms with Crippen LogP contribution in [0.2, 0.25) is 0 Å². The molecule has 0 saturated carbocycles. The van der Waals surface area contributed by atoms with Gasteiger partial charge in [0.15, 0.2) is 11.0 Å². The summed E-state index contributed by atoms with van der Waals surface area (Å²) in [5, 5.41) is 10.0. The number of hydrogen-bond donors (Lipinski definition) is 0. The number of rotatable bonds is 9. The van der Waals surface area contributed by atoms with Gasteiger partial charge in [-0.25, -0.2) is 0 Å². The van der Waals surface area contributed by atoms with Crippen molar-refractivity contribution in [3.8, 4) is 11.4 Å². The molecule has 0 spiro atoms. The standard InChI is InChI=1S/C26H27N5OS/c1-2-9-23(10-3-1)31-25(18-30-16-6-7-17-30)28-29-26(31)33-20-21-11-13-24(14-12-21)32-19-22-8-4-5-15-27-22/h1-5,8-15H,6-7,16-20H2. The van der Waals surface area contributed by atoms with E-state index in [1.54, 1.807) is 18.0 Å². The van der Waals surface area contributed by atoms with Crippen LogP contribution >= 0.6 is 11.8 Å². The Morgan fingerprint density at radius 2 is 1.64 bits per heavy atom. The molecule has 0 N–H and O–H groups in total. The average Bonchev–Trinajstić information content (AvgIpc) is 3.53. The highest BCUT2D eigenvalue weighted by Gasteiger charge is 2.19. The van der Waals surface area contributed by atoms with E-state index in [0.717, 1.165) is 53.5 Å². The first-order chi connectivity index (χ1) is 16.3. The van der Waals surface area contributed by atoms with Gasteiger partial charge in [-0.1, -0.05) is 48.2 Å². The first kappa shape index (κ1) is 21.7. The lowest BCUT2D eigenvalue weighted by molar-refractivity contribution is 0.301. The molecule has 1 aliphatic rings. The van der Waals surface area contributed by atoms with Crippen molar-refractivity contribution in [2.45, 2.75) is 36.9 Å². The Kier molecular flexibility index (Phi) is 6.99. The molecule has 0 bridgehead atoms. The van der Waals surface area contributed by atoms with Gasteiger partial charge in [0.25, 0.3) is 0 Å². The lowest BCUT2D eigenvalue weighted by Crippen LogP contribution is -2.21. The molecule has 33 heavy (non-hydrogen) atoms. The molecule has 1 fully saturated rings. The van der Waals surface area contributed by atoms with Gasteiger partial charge in [0.2, 0.25) is 0 Å². The fourth-order valence-corrected chi connectivity index (χ4v) is 4.87. The second-order valence-corrected chi connectivity index (χ2v) is 9.04. The topological polar surface area (TPSA) is 56.1 Å². The number of pyridine rings is 1. The summed E-state index contributed by atoms with van der Waals surface area (Å²) >= 11 is 1.71. The predicted molar refractivity (Wildman–Crippen MR) is 130 cm³/mol. The highest BCUT2D eigenvalue weighted by molar-refractivity contribution is 7.98. The quantitative estimate of drug-likeness (QED) is 0.325. The molecule has 0 radical (unpaired) electrons. The second kappa shape index (κ2) is 10.6. The molecule has 2 aromatic carbocycles. The van der Waals surface area contributed by atoms with E-state index in [1.165, 1.54) is 18.4 Å². The Morgan fingerprint density at radius 1 is 0.848 bits per heavy atom. The largest absolute Gasteiger partial charge is 0.487 e. The van der Waals surface area contributed by atoms with Crippen LogP contribution in [0.25, 0.3) is 5.69 Å². The van der Waals surface area contributed by atoms with Crippen LogP contribution in [0.1, 0.15) is 29.9 Å². The van der Waals surface area contributed by atoms with Crippen LogP contribution in [0, 0.1) is 0 Å². The molecule has 1 saturated heterocycles. The molecule has 2 aromatic heterocycles. The summed E-state index contributed by atoms with van der Waals surface area (Å²) in [4.78, 5) is 6.76. The zero-order chi connectivity index (χ0) is 22.3. The maximum Gasteiger partial charge on any atom is 0.196 e. The van der Waals surface area contributed by atoms with Gasteiger partial charge in [-0.3, -0.25) is 14.5 Å². The van der Waals surface area contributed by atoms with Crippen molar-refractivity contribution in [3.05, 3.63) is 96.1 Å². The van der Waals surface area contributed by atoms with Crippen molar-refractivity contribution in [2.24, 2.45) is 0 Å². The number of benzene rings is 2. The first-order valence-corrected chi connectivity index (χ1v) is 12.3. The number of ether oxygens (including phenoxy) is 1. The van der Waals surface area contributed by atoms with E-state index in [0.29, 0.717) is 6.61 Å². The summed E-state index contributed by atoms with van der Waals surface area (Å²) in [5.41, 5.74) is 3.24. The maximum absolute atomic E-state index is 5.85. The molecule has 0 aliphatic carbocycles. The van der Waals surface area contributed by atoms with Crippen molar-refractivity contribution < 1.29 is 4.74 Å². The lowest BCUT2D eigenvalue weighted by Gasteiger charge is -2.16. The molecule has 4 aromatic rings. The number of para-hydroxylation sites is 1. The van der Waals surface area contributed by atoms with Crippen molar-refractivity contribution in [1.29, 1.82) is 0 Å². The molecule has 0 atom stereocenters. The van der Waals surface area contributed by atoms with Gasteiger partial charge in [-0.2, -0.15) is 0 Å². The minimum Gasteiger partial charge on any atom is -0.487 e. The molecule has 168 valence electrons. The van der Waals surface area contributed by atoms with Crippen LogP contribution < -0.4 is 4.74 Å². The van der Waals surface area contributed by atoms with E-state index < -0.39 is 0 Å². The fourth-order valence-electron chi connectivity index (χ4n) is 3.94. The van der Waals surface area contributed by atoms with E-state index in [9.17, 15) is 0 Å². The molecule has 3 heterocycles. The molecule has 0 unspecified atom stereocenters. The maximum atomic E-state index is 5.85. The smallest absolute Gasteiger partial charge is 0.196 e. The highest BCUT2D eigenvalue weighted by atomic mass is 32.2. The van der Waals surface area contributed by atoms with Crippen LogP contribution in [-0.4, -0.2) is 37.7 Å². The van der Waals surface area contributed by atoms with Crippen molar-refractivity contribution in [3.63, 3.8) is 0 Å². The summed E-state index contributed by atoms with van der Waals surface area (Å²) in [7, 11) is 0. The highest BCUT2D eigenvalue weighted by Crippen LogP contribution is 2.27. The summed E-state index contributed by atoms with van der Waals surface area (Å²) in [6.45, 7) is 3.58. The number of nitrogens with zero attached hydrogens (tertiary/aromatic N) is 5. The zero-order valence-electron chi connectivity index (χ0n) is 18.5. The van der Waals surface area contributed by atoms with E-state index in [1.807, 2.05) is 36.4 Å². The Hall–Kier alpha value is -3.16. The van der Waals surface area contributed by atoms with Crippen LogP contribution in [0.3, 0.4) is 0 Å². The summed E-state index contributed by atoms with van der Waals surface area (Å²) in [6, 6.07) is 24.5. The van der Waals surface area contributed by atoms with E-state index in [2.05, 4.69) is 61.0 Å². The van der Waals surface area contributed by atoms with Crippen molar-refractivity contribution in [2.75, 3.05) is 13.1 Å². The molecule has 6 nitrogen and oxygen atoms in total. The Labute approximate surface area is 198 Å². The number of aromatic nitrogens is 4. The van der Waals surface area contributed by atoms with Crippen LogP contribution in [0.4, 0.5) is 0 Å². The third-order valence-electron chi connectivity index (χ3n) is 5.68. The van der Waals surface area contributed by atoms with E-state index in [4.69, 9.17) is 4.74 Å². The minimum absolute atomic E-state index is 0.467. The zero-order valence-corrected chi connectivity index (χ0v) is 19.3. The van der Waals surface area contributed by atoms with Gasteiger partial charge in [0, 0.05) is 17.6 Å². The van der Waals surface area contributed by atoms with Gasteiger partial charge < -0.3 is 4.74 Å². The number of hydrogen-bond acceptors (Lipinski definition) is 6. The first-order valence-electron chi connectivity index (χ1n) is 11.3. The predicted octanol–water partition coefficient (Wildman–Crippen LogP) is 5.13. The Morgan fingerprint density at radius 3 is 2.39 bits per heavy atom. The number of thioether (sulfide) groups is 1. The lowest BCUT2D eigenvalue weighted by atomic mass is 10.2. The van der Waals surface area contributed by atoms with Gasteiger partial charge in [0.05, 0.1) is 12.2 Å². The van der Waals surface area contributed by atoms with Gasteiger partial charge >= 0.3 is 0 Å². The number of likely N-dealkylation sites (tertiary alicyclic amines) is 1. The third-order valence-corrected chi connectivity index (χ3v) is 6.68.